The molecule has 0 fully saturated rings. The molecule has 53 heavy (non-hydrogen) atoms. The minimum absolute atomic E-state index is 0.627. The summed E-state index contributed by atoms with van der Waals surface area (Å²) < 4.78 is 8.96. The summed E-state index contributed by atoms with van der Waals surface area (Å²) >= 11 is 0. The van der Waals surface area contributed by atoms with Crippen LogP contribution < -0.4 is 4.90 Å². The number of oxazole rings is 1. The normalized spacial score (nSPS) is 11.8. The highest BCUT2D eigenvalue weighted by Crippen LogP contribution is 2.43. The van der Waals surface area contributed by atoms with Crippen LogP contribution in [0.25, 0.3) is 82.4 Å². The van der Waals surface area contributed by atoms with Crippen LogP contribution in [0.5, 0.6) is 0 Å². The number of fused-ring (bicyclic) bond motifs is 9. The smallest absolute Gasteiger partial charge is 0.227 e. The third-order valence-corrected chi connectivity index (χ3v) is 10.5. The zero-order chi connectivity index (χ0) is 34.9. The number of rotatable bonds is 5. The van der Waals surface area contributed by atoms with E-state index in [-0.39, 0.29) is 0 Å². The molecule has 0 amide bonds. The Balaban J connectivity index is 1.17. The molecule has 11 rings (SSSR count). The van der Waals surface area contributed by atoms with Gasteiger partial charge in [0.2, 0.25) is 5.89 Å². The lowest BCUT2D eigenvalue weighted by Crippen LogP contribution is -2.10. The van der Waals surface area contributed by atoms with Crippen molar-refractivity contribution in [1.29, 1.82) is 0 Å². The lowest BCUT2D eigenvalue weighted by molar-refractivity contribution is 0.623. The monoisotopic (exact) mass is 677 g/mol. The Morgan fingerprint density at radius 2 is 1.04 bits per heavy atom. The van der Waals surface area contributed by atoms with Crippen LogP contribution in [0, 0.1) is 0 Å². The molecule has 2 heterocycles. The highest BCUT2D eigenvalue weighted by atomic mass is 16.3. The van der Waals surface area contributed by atoms with Gasteiger partial charge in [0.05, 0.1) is 11.0 Å². The molecule has 11 aromatic rings. The molecular formula is C49H31N3O. The third-order valence-electron chi connectivity index (χ3n) is 10.5. The number of nitrogens with zero attached hydrogens (tertiary/aromatic N) is 3. The van der Waals surface area contributed by atoms with Crippen LogP contribution in [-0.2, 0) is 0 Å². The molecule has 4 heteroatoms. The quantitative estimate of drug-likeness (QED) is 0.170. The largest absolute Gasteiger partial charge is 0.435 e. The molecule has 0 aliphatic rings. The molecule has 0 aliphatic carbocycles. The van der Waals surface area contributed by atoms with Crippen LogP contribution in [0.2, 0.25) is 0 Å². The van der Waals surface area contributed by atoms with E-state index in [0.29, 0.717) is 5.89 Å². The second kappa shape index (κ2) is 11.7. The lowest BCUT2D eigenvalue weighted by atomic mass is 10.00. The molecule has 0 radical (unpaired) electrons. The van der Waals surface area contributed by atoms with Gasteiger partial charge in [-0.25, -0.2) is 4.98 Å². The van der Waals surface area contributed by atoms with Gasteiger partial charge in [0.15, 0.2) is 5.58 Å². The van der Waals surface area contributed by atoms with Crippen molar-refractivity contribution in [2.24, 2.45) is 0 Å². The molecule has 2 aromatic heterocycles. The molecule has 0 N–H and O–H groups in total. The van der Waals surface area contributed by atoms with E-state index >= 15 is 0 Å². The summed E-state index contributed by atoms with van der Waals surface area (Å²) in [6, 6.07) is 67.0. The van der Waals surface area contributed by atoms with Crippen molar-refractivity contribution in [1.82, 2.24) is 9.55 Å². The molecule has 4 nitrogen and oxygen atoms in total. The Bertz CT molecular complexity index is 3180. The van der Waals surface area contributed by atoms with Crippen LogP contribution in [-0.4, -0.2) is 9.55 Å². The van der Waals surface area contributed by atoms with Gasteiger partial charge in [-0.15, -0.1) is 0 Å². The molecular weight excluding hydrogens is 647 g/mol. The van der Waals surface area contributed by atoms with E-state index in [0.717, 1.165) is 61.0 Å². The Morgan fingerprint density at radius 1 is 0.434 bits per heavy atom. The van der Waals surface area contributed by atoms with Crippen molar-refractivity contribution < 1.29 is 4.42 Å². The Hall–Kier alpha value is -7.17. The zero-order valence-electron chi connectivity index (χ0n) is 28.6. The molecule has 0 saturated carbocycles. The summed E-state index contributed by atoms with van der Waals surface area (Å²) in [7, 11) is 0. The number of anilines is 3. The van der Waals surface area contributed by atoms with Gasteiger partial charge in [0, 0.05) is 44.5 Å². The summed E-state index contributed by atoms with van der Waals surface area (Å²) in [6.07, 6.45) is 0. The van der Waals surface area contributed by atoms with Gasteiger partial charge in [-0.3, -0.25) is 0 Å². The number of aromatic nitrogens is 2. The van der Waals surface area contributed by atoms with Crippen molar-refractivity contribution in [3.05, 3.63) is 188 Å². The topological polar surface area (TPSA) is 34.2 Å². The van der Waals surface area contributed by atoms with E-state index in [1.165, 1.54) is 32.6 Å². The van der Waals surface area contributed by atoms with Crippen LogP contribution in [0.15, 0.2) is 192 Å². The van der Waals surface area contributed by atoms with Gasteiger partial charge in [-0.05, 0) is 106 Å². The summed E-state index contributed by atoms with van der Waals surface area (Å²) in [6.45, 7) is 0. The van der Waals surface area contributed by atoms with E-state index < -0.39 is 0 Å². The maximum atomic E-state index is 6.59. The maximum Gasteiger partial charge on any atom is 0.227 e. The van der Waals surface area contributed by atoms with Gasteiger partial charge >= 0.3 is 0 Å². The second-order valence-corrected chi connectivity index (χ2v) is 13.6. The van der Waals surface area contributed by atoms with Crippen molar-refractivity contribution in [2.75, 3.05) is 4.90 Å². The standard InChI is InChI=1S/C49H31N3O/c1-3-12-35(13-4-1)49-50-44-27-23-34-20-19-33-22-25-39(30-42(33)47(34)48(44)53-49)51(38-24-21-32-11-7-8-14-36(32)29-38)40-26-28-46-43(31-40)41-17-9-10-18-45(41)52(46)37-15-5-2-6-16-37/h1-31H. The van der Waals surface area contributed by atoms with Crippen molar-refractivity contribution in [2.45, 2.75) is 0 Å². The van der Waals surface area contributed by atoms with E-state index in [2.05, 4.69) is 167 Å². The molecule has 0 saturated heterocycles. The summed E-state index contributed by atoms with van der Waals surface area (Å²) in [5, 5.41) is 9.28. The third kappa shape index (κ3) is 4.73. The molecule has 0 spiro atoms. The lowest BCUT2D eigenvalue weighted by Gasteiger charge is -2.26. The maximum absolute atomic E-state index is 6.59. The fraction of sp³-hybridized carbons (Fsp3) is 0. The van der Waals surface area contributed by atoms with Crippen LogP contribution >= 0.6 is 0 Å². The molecule has 0 aliphatic heterocycles. The van der Waals surface area contributed by atoms with Gasteiger partial charge in [0.25, 0.3) is 0 Å². The van der Waals surface area contributed by atoms with Crippen LogP contribution in [0.3, 0.4) is 0 Å². The second-order valence-electron chi connectivity index (χ2n) is 13.6. The van der Waals surface area contributed by atoms with E-state index in [9.17, 15) is 0 Å². The van der Waals surface area contributed by atoms with Gasteiger partial charge < -0.3 is 13.9 Å². The Kier molecular flexibility index (Phi) is 6.52. The van der Waals surface area contributed by atoms with E-state index in [1.807, 2.05) is 30.3 Å². The van der Waals surface area contributed by atoms with Crippen molar-refractivity contribution >= 4 is 82.3 Å². The fourth-order valence-corrected chi connectivity index (χ4v) is 8.07. The average Bonchev–Trinajstić information content (AvgIpc) is 3.81. The predicted octanol–water partition coefficient (Wildman–Crippen LogP) is 13.5. The zero-order valence-corrected chi connectivity index (χ0v) is 28.6. The average molecular weight is 678 g/mol. The fourth-order valence-electron chi connectivity index (χ4n) is 8.07. The molecule has 0 unspecified atom stereocenters. The Labute approximate surface area is 305 Å². The molecule has 0 atom stereocenters. The van der Waals surface area contributed by atoms with Crippen molar-refractivity contribution in [3.63, 3.8) is 0 Å². The minimum Gasteiger partial charge on any atom is -0.435 e. The first-order valence-corrected chi connectivity index (χ1v) is 18.0. The van der Waals surface area contributed by atoms with E-state index in [1.54, 1.807) is 0 Å². The first kappa shape index (κ1) is 29.5. The first-order valence-electron chi connectivity index (χ1n) is 18.0. The van der Waals surface area contributed by atoms with Gasteiger partial charge in [0.1, 0.15) is 5.52 Å². The molecule has 0 bridgehead atoms. The minimum atomic E-state index is 0.627. The first-order chi connectivity index (χ1) is 26.3. The van der Waals surface area contributed by atoms with Crippen LogP contribution in [0.1, 0.15) is 0 Å². The number of benzene rings is 9. The summed E-state index contributed by atoms with van der Waals surface area (Å²) in [5.41, 5.74) is 9.35. The Morgan fingerprint density at radius 3 is 1.89 bits per heavy atom. The highest BCUT2D eigenvalue weighted by molar-refractivity contribution is 6.19. The van der Waals surface area contributed by atoms with E-state index in [4.69, 9.17) is 9.40 Å². The van der Waals surface area contributed by atoms with Crippen LogP contribution in [0.4, 0.5) is 17.1 Å². The highest BCUT2D eigenvalue weighted by Gasteiger charge is 2.20. The van der Waals surface area contributed by atoms with Gasteiger partial charge in [-0.2, -0.15) is 0 Å². The van der Waals surface area contributed by atoms with Gasteiger partial charge in [-0.1, -0.05) is 109 Å². The summed E-state index contributed by atoms with van der Waals surface area (Å²) in [5.74, 6) is 0.627. The summed E-state index contributed by atoms with van der Waals surface area (Å²) in [4.78, 5) is 7.30. The van der Waals surface area contributed by atoms with Crippen molar-refractivity contribution in [3.8, 4) is 17.1 Å². The molecule has 248 valence electrons. The number of hydrogen-bond acceptors (Lipinski definition) is 3. The number of para-hydroxylation sites is 2. The SMILES string of the molecule is c1ccc(-c2nc3ccc4ccc5ccc(N(c6ccc7ccccc7c6)c6ccc7c(c6)c6ccccc6n7-c6ccccc6)cc5c4c3o2)cc1. The predicted molar refractivity (Wildman–Crippen MR) is 221 cm³/mol. The number of hydrogen-bond donors (Lipinski definition) is 0. The molecule has 9 aromatic carbocycles.